The van der Waals surface area contributed by atoms with Gasteiger partial charge >= 0.3 is 0 Å². The first-order valence-electron chi connectivity index (χ1n) is 6.30. The SMILES string of the molecule is CSc1ccccc1NC1=NCC(CC(C)C)S1. The molecule has 0 saturated carbocycles. The molecule has 0 fully saturated rings. The summed E-state index contributed by atoms with van der Waals surface area (Å²) < 4.78 is 0. The molecule has 2 rings (SSSR count). The molecule has 4 heteroatoms. The minimum atomic E-state index is 0.647. The zero-order valence-electron chi connectivity index (χ0n) is 11.1. The van der Waals surface area contributed by atoms with Crippen LogP contribution in [0.1, 0.15) is 20.3 Å². The second-order valence-corrected chi connectivity index (χ2v) is 6.98. The smallest absolute Gasteiger partial charge is 0.161 e. The van der Waals surface area contributed by atoms with Gasteiger partial charge in [-0.25, -0.2) is 0 Å². The number of para-hydroxylation sites is 1. The molecule has 0 bridgehead atoms. The third kappa shape index (κ3) is 3.69. The van der Waals surface area contributed by atoms with Crippen molar-refractivity contribution in [2.45, 2.75) is 30.4 Å². The van der Waals surface area contributed by atoms with Crippen molar-refractivity contribution in [1.82, 2.24) is 0 Å². The summed E-state index contributed by atoms with van der Waals surface area (Å²) in [7, 11) is 0. The summed E-state index contributed by atoms with van der Waals surface area (Å²) in [6.45, 7) is 5.50. The average molecular weight is 280 g/mol. The van der Waals surface area contributed by atoms with E-state index in [0.29, 0.717) is 5.25 Å². The van der Waals surface area contributed by atoms with Gasteiger partial charge in [0.15, 0.2) is 5.17 Å². The number of amidine groups is 1. The van der Waals surface area contributed by atoms with Gasteiger partial charge in [-0.05, 0) is 30.7 Å². The molecule has 1 N–H and O–H groups in total. The molecular weight excluding hydrogens is 260 g/mol. The van der Waals surface area contributed by atoms with Crippen LogP contribution in [-0.2, 0) is 0 Å². The van der Waals surface area contributed by atoms with Crippen molar-refractivity contribution in [2.75, 3.05) is 18.1 Å². The fourth-order valence-corrected chi connectivity index (χ4v) is 3.82. The van der Waals surface area contributed by atoms with E-state index in [-0.39, 0.29) is 0 Å². The van der Waals surface area contributed by atoms with Gasteiger partial charge in [0.2, 0.25) is 0 Å². The van der Waals surface area contributed by atoms with Gasteiger partial charge in [-0.1, -0.05) is 37.7 Å². The summed E-state index contributed by atoms with van der Waals surface area (Å²) >= 11 is 3.65. The topological polar surface area (TPSA) is 24.4 Å². The van der Waals surface area contributed by atoms with E-state index in [9.17, 15) is 0 Å². The summed E-state index contributed by atoms with van der Waals surface area (Å²) in [6.07, 6.45) is 3.34. The quantitative estimate of drug-likeness (QED) is 0.830. The third-order valence-electron chi connectivity index (χ3n) is 2.80. The van der Waals surface area contributed by atoms with E-state index in [1.54, 1.807) is 11.8 Å². The Bertz CT molecular complexity index is 430. The van der Waals surface area contributed by atoms with E-state index in [0.717, 1.165) is 17.6 Å². The number of nitrogens with one attached hydrogen (secondary N) is 1. The minimum absolute atomic E-state index is 0.647. The Kier molecular flexibility index (Phi) is 5.01. The van der Waals surface area contributed by atoms with Gasteiger partial charge in [-0.3, -0.25) is 4.99 Å². The van der Waals surface area contributed by atoms with Crippen LogP contribution in [0.2, 0.25) is 0 Å². The maximum atomic E-state index is 4.60. The van der Waals surface area contributed by atoms with Crippen LogP contribution in [0.25, 0.3) is 0 Å². The summed E-state index contributed by atoms with van der Waals surface area (Å²) in [5.74, 6) is 0.746. The molecule has 18 heavy (non-hydrogen) atoms. The van der Waals surface area contributed by atoms with Gasteiger partial charge in [0.25, 0.3) is 0 Å². The Balaban J connectivity index is 1.95. The van der Waals surface area contributed by atoms with Crippen LogP contribution in [0.5, 0.6) is 0 Å². The zero-order valence-corrected chi connectivity index (χ0v) is 12.8. The normalized spacial score (nSPS) is 19.1. The number of aliphatic imine (C=N–C) groups is 1. The molecular formula is C14H20N2S2. The minimum Gasteiger partial charge on any atom is -0.334 e. The molecule has 0 saturated heterocycles. The van der Waals surface area contributed by atoms with Crippen LogP contribution in [0, 0.1) is 5.92 Å². The fourth-order valence-electron chi connectivity index (χ4n) is 2.00. The maximum absolute atomic E-state index is 4.60. The van der Waals surface area contributed by atoms with E-state index in [2.05, 4.69) is 54.7 Å². The zero-order chi connectivity index (χ0) is 13.0. The summed E-state index contributed by atoms with van der Waals surface area (Å²) in [4.78, 5) is 5.87. The predicted octanol–water partition coefficient (Wildman–Crippen LogP) is 4.34. The van der Waals surface area contributed by atoms with Crippen molar-refractivity contribution in [3.8, 4) is 0 Å². The first-order valence-corrected chi connectivity index (χ1v) is 8.40. The van der Waals surface area contributed by atoms with Crippen molar-refractivity contribution in [1.29, 1.82) is 0 Å². The van der Waals surface area contributed by atoms with Gasteiger partial charge in [0.05, 0.1) is 12.2 Å². The van der Waals surface area contributed by atoms with Crippen LogP contribution in [0.15, 0.2) is 34.2 Å². The van der Waals surface area contributed by atoms with Crippen molar-refractivity contribution in [2.24, 2.45) is 10.9 Å². The van der Waals surface area contributed by atoms with E-state index in [1.165, 1.54) is 17.0 Å². The molecule has 98 valence electrons. The highest BCUT2D eigenvalue weighted by Crippen LogP contribution is 2.30. The lowest BCUT2D eigenvalue weighted by atomic mass is 10.1. The number of hydrogen-bond acceptors (Lipinski definition) is 4. The van der Waals surface area contributed by atoms with Gasteiger partial charge in [0.1, 0.15) is 0 Å². The predicted molar refractivity (Wildman–Crippen MR) is 85.0 cm³/mol. The Labute approximate surface area is 118 Å². The molecule has 0 radical (unpaired) electrons. The van der Waals surface area contributed by atoms with Crippen LogP contribution < -0.4 is 5.32 Å². The maximum Gasteiger partial charge on any atom is 0.161 e. The molecule has 1 aliphatic rings. The molecule has 1 aromatic carbocycles. The monoisotopic (exact) mass is 280 g/mol. The van der Waals surface area contributed by atoms with Gasteiger partial charge in [0, 0.05) is 10.1 Å². The van der Waals surface area contributed by atoms with Gasteiger partial charge in [-0.15, -0.1) is 11.8 Å². The van der Waals surface area contributed by atoms with Crippen molar-refractivity contribution in [3.63, 3.8) is 0 Å². The van der Waals surface area contributed by atoms with E-state index in [4.69, 9.17) is 0 Å². The number of benzene rings is 1. The molecule has 1 aromatic rings. The Hall–Kier alpha value is -0.610. The number of nitrogens with zero attached hydrogens (tertiary/aromatic N) is 1. The van der Waals surface area contributed by atoms with Crippen LogP contribution in [0.4, 0.5) is 5.69 Å². The summed E-state index contributed by atoms with van der Waals surface area (Å²) in [6, 6.07) is 8.39. The van der Waals surface area contributed by atoms with Gasteiger partial charge < -0.3 is 5.32 Å². The number of rotatable bonds is 4. The molecule has 0 aromatic heterocycles. The average Bonchev–Trinajstić information content (AvgIpc) is 2.76. The summed E-state index contributed by atoms with van der Waals surface area (Å²) in [5, 5.41) is 5.17. The largest absolute Gasteiger partial charge is 0.334 e. The Morgan fingerprint density at radius 2 is 2.22 bits per heavy atom. The lowest BCUT2D eigenvalue weighted by Crippen LogP contribution is -2.10. The molecule has 1 heterocycles. The number of anilines is 1. The Morgan fingerprint density at radius 1 is 1.44 bits per heavy atom. The highest BCUT2D eigenvalue weighted by atomic mass is 32.2. The van der Waals surface area contributed by atoms with E-state index >= 15 is 0 Å². The summed E-state index contributed by atoms with van der Waals surface area (Å²) in [5.41, 5.74) is 1.17. The molecule has 1 aliphatic heterocycles. The van der Waals surface area contributed by atoms with Crippen LogP contribution in [0.3, 0.4) is 0 Å². The Morgan fingerprint density at radius 3 is 2.94 bits per heavy atom. The van der Waals surface area contributed by atoms with Crippen molar-refractivity contribution >= 4 is 34.4 Å². The lowest BCUT2D eigenvalue weighted by Gasteiger charge is -2.12. The van der Waals surface area contributed by atoms with Crippen molar-refractivity contribution in [3.05, 3.63) is 24.3 Å². The second kappa shape index (κ2) is 6.53. The second-order valence-electron chi connectivity index (χ2n) is 4.84. The molecule has 1 unspecified atom stereocenters. The molecule has 0 amide bonds. The third-order valence-corrected chi connectivity index (χ3v) is 4.72. The first kappa shape index (κ1) is 13.8. The molecule has 0 spiro atoms. The molecule has 1 atom stereocenters. The van der Waals surface area contributed by atoms with E-state index in [1.807, 2.05) is 11.8 Å². The lowest BCUT2D eigenvalue weighted by molar-refractivity contribution is 0.575. The number of thioether (sulfide) groups is 2. The fraction of sp³-hybridized carbons (Fsp3) is 0.500. The van der Waals surface area contributed by atoms with Crippen molar-refractivity contribution < 1.29 is 0 Å². The highest BCUT2D eigenvalue weighted by molar-refractivity contribution is 8.15. The first-order chi connectivity index (χ1) is 8.69. The van der Waals surface area contributed by atoms with Crippen LogP contribution in [-0.4, -0.2) is 23.2 Å². The molecule has 2 nitrogen and oxygen atoms in total. The van der Waals surface area contributed by atoms with Crippen LogP contribution >= 0.6 is 23.5 Å². The highest BCUT2D eigenvalue weighted by Gasteiger charge is 2.20. The van der Waals surface area contributed by atoms with Gasteiger partial charge in [-0.2, -0.15) is 0 Å². The van der Waals surface area contributed by atoms with E-state index < -0.39 is 0 Å². The number of hydrogen-bond donors (Lipinski definition) is 1. The molecule has 0 aliphatic carbocycles. The standard InChI is InChI=1S/C14H20N2S2/c1-10(2)8-11-9-15-14(18-11)16-12-6-4-5-7-13(12)17-3/h4-7,10-11H,8-9H2,1-3H3,(H,15,16).